The number of amides is 1. The molecule has 102 valence electrons. The van der Waals surface area contributed by atoms with Crippen molar-refractivity contribution in [1.82, 2.24) is 0 Å². The van der Waals surface area contributed by atoms with Crippen LogP contribution >= 0.6 is 0 Å². The average molecular weight is 261 g/mol. The summed E-state index contributed by atoms with van der Waals surface area (Å²) in [5.74, 6) is 0.142. The van der Waals surface area contributed by atoms with Gasteiger partial charge in [-0.3, -0.25) is 4.79 Å². The van der Waals surface area contributed by atoms with Crippen molar-refractivity contribution in [2.45, 2.75) is 13.0 Å². The molecule has 0 radical (unpaired) electrons. The first-order valence-electron chi connectivity index (χ1n) is 6.57. The highest BCUT2D eigenvalue weighted by molar-refractivity contribution is 6.01. The third-order valence-corrected chi connectivity index (χ3v) is 4.06. The first-order chi connectivity index (χ1) is 9.17. The molecule has 2 aliphatic heterocycles. The summed E-state index contributed by atoms with van der Waals surface area (Å²) in [6.07, 6.45) is 0.463. The second-order valence-electron chi connectivity index (χ2n) is 5.52. The Morgan fingerprint density at radius 3 is 2.68 bits per heavy atom. The van der Waals surface area contributed by atoms with Crippen molar-refractivity contribution in [3.8, 4) is 0 Å². The monoisotopic (exact) mass is 261 g/mol. The van der Waals surface area contributed by atoms with Crippen LogP contribution in [0.3, 0.4) is 0 Å². The molecule has 0 saturated carbocycles. The lowest BCUT2D eigenvalue weighted by Gasteiger charge is -2.43. The number of nitrogens with zero attached hydrogens (tertiary/aromatic N) is 1. The van der Waals surface area contributed by atoms with Crippen LogP contribution in [0.15, 0.2) is 18.2 Å². The van der Waals surface area contributed by atoms with Crippen molar-refractivity contribution in [2.75, 3.05) is 31.2 Å². The predicted octanol–water partition coefficient (Wildman–Crippen LogP) is 0.00970. The van der Waals surface area contributed by atoms with E-state index in [1.807, 2.05) is 23.1 Å². The van der Waals surface area contributed by atoms with Crippen LogP contribution in [0.1, 0.15) is 11.1 Å². The summed E-state index contributed by atoms with van der Waals surface area (Å²) in [4.78, 5) is 14.0. The van der Waals surface area contributed by atoms with Crippen LogP contribution in [0.4, 0.5) is 5.69 Å². The second kappa shape index (κ2) is 4.59. The minimum Gasteiger partial charge on any atom is -0.380 e. The SMILES string of the molecule is NCc1ccc2c(c1)CC(=O)N2CC1(CN)COC1. The lowest BCUT2D eigenvalue weighted by Crippen LogP contribution is -2.55. The third-order valence-electron chi connectivity index (χ3n) is 4.06. The fourth-order valence-electron chi connectivity index (χ4n) is 2.74. The van der Waals surface area contributed by atoms with Gasteiger partial charge in [-0.2, -0.15) is 0 Å². The van der Waals surface area contributed by atoms with Crippen LogP contribution in [0.25, 0.3) is 0 Å². The number of benzene rings is 1. The van der Waals surface area contributed by atoms with Crippen molar-refractivity contribution >= 4 is 11.6 Å². The first kappa shape index (κ1) is 12.6. The van der Waals surface area contributed by atoms with Gasteiger partial charge in [0, 0.05) is 30.7 Å². The molecule has 0 unspecified atom stereocenters. The zero-order valence-electron chi connectivity index (χ0n) is 10.9. The summed E-state index contributed by atoms with van der Waals surface area (Å²) >= 11 is 0. The minimum atomic E-state index is -0.0657. The van der Waals surface area contributed by atoms with Crippen molar-refractivity contribution in [3.05, 3.63) is 29.3 Å². The van der Waals surface area contributed by atoms with E-state index in [9.17, 15) is 4.79 Å². The fourth-order valence-corrected chi connectivity index (χ4v) is 2.74. The van der Waals surface area contributed by atoms with E-state index in [2.05, 4.69) is 0 Å². The van der Waals surface area contributed by atoms with Gasteiger partial charge in [-0.25, -0.2) is 0 Å². The molecule has 0 spiro atoms. The molecule has 1 saturated heterocycles. The van der Waals surface area contributed by atoms with Crippen LogP contribution < -0.4 is 16.4 Å². The van der Waals surface area contributed by atoms with Crippen LogP contribution in [-0.2, 0) is 22.5 Å². The molecule has 1 fully saturated rings. The molecule has 4 N–H and O–H groups in total. The highest BCUT2D eigenvalue weighted by atomic mass is 16.5. The molecular weight excluding hydrogens is 242 g/mol. The van der Waals surface area contributed by atoms with Gasteiger partial charge < -0.3 is 21.1 Å². The van der Waals surface area contributed by atoms with Gasteiger partial charge >= 0.3 is 0 Å². The first-order valence-corrected chi connectivity index (χ1v) is 6.57. The Kier molecular flexibility index (Phi) is 3.05. The number of hydrogen-bond acceptors (Lipinski definition) is 4. The number of ether oxygens (including phenoxy) is 1. The van der Waals surface area contributed by atoms with E-state index in [-0.39, 0.29) is 11.3 Å². The van der Waals surface area contributed by atoms with E-state index in [1.54, 1.807) is 0 Å². The summed E-state index contributed by atoms with van der Waals surface area (Å²) in [5.41, 5.74) is 14.5. The normalized spacial score (nSPS) is 20.3. The molecule has 0 aromatic heterocycles. The van der Waals surface area contributed by atoms with Gasteiger partial charge in [-0.15, -0.1) is 0 Å². The highest BCUT2D eigenvalue weighted by Crippen LogP contribution is 2.35. The number of anilines is 1. The maximum atomic E-state index is 12.2. The van der Waals surface area contributed by atoms with Gasteiger partial charge in [-0.05, 0) is 17.2 Å². The largest absolute Gasteiger partial charge is 0.380 e. The molecule has 2 heterocycles. The summed E-state index contributed by atoms with van der Waals surface area (Å²) in [5, 5.41) is 0. The van der Waals surface area contributed by atoms with Crippen molar-refractivity contribution < 1.29 is 9.53 Å². The third kappa shape index (κ3) is 2.04. The Hall–Kier alpha value is -1.43. The smallest absolute Gasteiger partial charge is 0.231 e. The van der Waals surface area contributed by atoms with Crippen molar-refractivity contribution in [1.29, 1.82) is 0 Å². The molecule has 3 rings (SSSR count). The number of rotatable bonds is 4. The summed E-state index contributed by atoms with van der Waals surface area (Å²) < 4.78 is 5.26. The summed E-state index contributed by atoms with van der Waals surface area (Å²) in [6.45, 7) is 2.99. The molecule has 1 aromatic rings. The molecule has 5 heteroatoms. The zero-order chi connectivity index (χ0) is 13.5. The molecule has 2 aliphatic rings. The maximum absolute atomic E-state index is 12.2. The summed E-state index contributed by atoms with van der Waals surface area (Å²) in [6, 6.07) is 6.00. The molecule has 0 aliphatic carbocycles. The van der Waals surface area contributed by atoms with Crippen LogP contribution in [0, 0.1) is 5.41 Å². The van der Waals surface area contributed by atoms with Crippen molar-refractivity contribution in [3.63, 3.8) is 0 Å². The second-order valence-corrected chi connectivity index (χ2v) is 5.52. The molecule has 0 bridgehead atoms. The fraction of sp³-hybridized carbons (Fsp3) is 0.500. The van der Waals surface area contributed by atoms with Gasteiger partial charge in [0.2, 0.25) is 5.91 Å². The van der Waals surface area contributed by atoms with E-state index >= 15 is 0 Å². The molecule has 0 atom stereocenters. The summed E-state index contributed by atoms with van der Waals surface area (Å²) in [7, 11) is 0. The van der Waals surface area contributed by atoms with Crippen LogP contribution in [0.2, 0.25) is 0 Å². The van der Waals surface area contributed by atoms with E-state index in [4.69, 9.17) is 16.2 Å². The predicted molar refractivity (Wildman–Crippen MR) is 72.7 cm³/mol. The van der Waals surface area contributed by atoms with Crippen LogP contribution in [-0.4, -0.2) is 32.2 Å². The van der Waals surface area contributed by atoms with Gasteiger partial charge in [-0.1, -0.05) is 12.1 Å². The van der Waals surface area contributed by atoms with E-state index in [1.165, 1.54) is 0 Å². The lowest BCUT2D eigenvalue weighted by molar-refractivity contribution is -0.122. The average Bonchev–Trinajstić information content (AvgIpc) is 2.68. The van der Waals surface area contributed by atoms with Gasteiger partial charge in [0.1, 0.15) is 0 Å². The Labute approximate surface area is 112 Å². The minimum absolute atomic E-state index is 0.0657. The van der Waals surface area contributed by atoms with Gasteiger partial charge in [0.25, 0.3) is 0 Å². The zero-order valence-corrected chi connectivity index (χ0v) is 10.9. The van der Waals surface area contributed by atoms with Crippen molar-refractivity contribution in [2.24, 2.45) is 16.9 Å². The highest BCUT2D eigenvalue weighted by Gasteiger charge is 2.42. The topological polar surface area (TPSA) is 81.6 Å². The molecule has 5 nitrogen and oxygen atoms in total. The van der Waals surface area contributed by atoms with E-state index < -0.39 is 0 Å². The number of hydrogen-bond donors (Lipinski definition) is 2. The Morgan fingerprint density at radius 1 is 1.32 bits per heavy atom. The molecule has 1 aromatic carbocycles. The number of fused-ring (bicyclic) bond motifs is 1. The molecule has 19 heavy (non-hydrogen) atoms. The maximum Gasteiger partial charge on any atom is 0.231 e. The Balaban J connectivity index is 1.86. The number of nitrogens with two attached hydrogens (primary N) is 2. The quantitative estimate of drug-likeness (QED) is 0.800. The van der Waals surface area contributed by atoms with Crippen LogP contribution in [0.5, 0.6) is 0 Å². The molecular formula is C14H19N3O2. The van der Waals surface area contributed by atoms with E-state index in [0.717, 1.165) is 16.8 Å². The van der Waals surface area contributed by atoms with E-state index in [0.29, 0.717) is 39.3 Å². The molecule has 1 amide bonds. The van der Waals surface area contributed by atoms with Gasteiger partial charge in [0.15, 0.2) is 0 Å². The van der Waals surface area contributed by atoms with Gasteiger partial charge in [0.05, 0.1) is 19.6 Å². The number of carbonyl (C=O) groups is 1. The Bertz CT molecular complexity index is 506. The Morgan fingerprint density at radius 2 is 2.11 bits per heavy atom. The number of carbonyl (C=O) groups excluding carboxylic acids is 1. The lowest BCUT2D eigenvalue weighted by atomic mass is 9.85. The standard InChI is InChI=1S/C14H19N3O2/c15-5-10-1-2-12-11(3-10)4-13(18)17(12)7-14(6-16)8-19-9-14/h1-3H,4-9,15-16H2.